The highest BCUT2D eigenvalue weighted by atomic mass is 79.9. The van der Waals surface area contributed by atoms with E-state index in [4.69, 9.17) is 0 Å². The van der Waals surface area contributed by atoms with Gasteiger partial charge in [-0.2, -0.15) is 0 Å². The SMILES string of the molecule is CCC1CCCN(C(=O)c2cc(Br)ccc2F)C1. The van der Waals surface area contributed by atoms with Crippen LogP contribution in [0.15, 0.2) is 22.7 Å². The second-order valence-electron chi connectivity index (χ2n) is 4.79. The second kappa shape index (κ2) is 5.83. The number of hydrogen-bond acceptors (Lipinski definition) is 1. The predicted octanol–water partition coefficient (Wildman–Crippen LogP) is 3.85. The van der Waals surface area contributed by atoms with Crippen LogP contribution in [0.5, 0.6) is 0 Å². The van der Waals surface area contributed by atoms with Crippen LogP contribution in [-0.2, 0) is 0 Å². The van der Waals surface area contributed by atoms with Crippen LogP contribution in [0.1, 0.15) is 36.5 Å². The summed E-state index contributed by atoms with van der Waals surface area (Å²) < 4.78 is 14.4. The molecule has 0 N–H and O–H groups in total. The fraction of sp³-hybridized carbons (Fsp3) is 0.500. The normalized spacial score (nSPS) is 19.9. The van der Waals surface area contributed by atoms with Gasteiger partial charge in [0.25, 0.3) is 5.91 Å². The van der Waals surface area contributed by atoms with Gasteiger partial charge in [-0.05, 0) is 37.0 Å². The van der Waals surface area contributed by atoms with E-state index in [0.717, 1.165) is 30.4 Å². The summed E-state index contributed by atoms with van der Waals surface area (Å²) >= 11 is 3.28. The number of benzene rings is 1. The highest BCUT2D eigenvalue weighted by Crippen LogP contribution is 2.23. The molecule has 1 aliphatic rings. The number of carbonyl (C=O) groups excluding carboxylic acids is 1. The summed E-state index contributed by atoms with van der Waals surface area (Å²) in [6.07, 6.45) is 3.26. The molecule has 1 aliphatic heterocycles. The molecule has 0 spiro atoms. The number of piperidine rings is 1. The molecule has 0 aromatic heterocycles. The Morgan fingerprint density at radius 2 is 2.33 bits per heavy atom. The Hall–Kier alpha value is -0.900. The third-order valence-electron chi connectivity index (χ3n) is 3.54. The van der Waals surface area contributed by atoms with E-state index in [1.807, 2.05) is 0 Å². The molecule has 2 nitrogen and oxygen atoms in total. The lowest BCUT2D eigenvalue weighted by Crippen LogP contribution is -2.40. The van der Waals surface area contributed by atoms with Gasteiger partial charge >= 0.3 is 0 Å². The van der Waals surface area contributed by atoms with E-state index in [-0.39, 0.29) is 11.5 Å². The zero-order chi connectivity index (χ0) is 13.1. The first-order chi connectivity index (χ1) is 8.61. The number of carbonyl (C=O) groups is 1. The summed E-state index contributed by atoms with van der Waals surface area (Å²) in [5.41, 5.74) is 0.168. The molecule has 1 heterocycles. The molecular formula is C14H17BrFNO. The fourth-order valence-electron chi connectivity index (χ4n) is 2.41. The topological polar surface area (TPSA) is 20.3 Å². The number of likely N-dealkylation sites (tertiary alicyclic amines) is 1. The standard InChI is InChI=1S/C14H17BrFNO/c1-2-10-4-3-7-17(9-10)14(18)12-8-11(15)5-6-13(12)16/h5-6,8,10H,2-4,7,9H2,1H3. The van der Waals surface area contributed by atoms with Crippen molar-refractivity contribution in [3.05, 3.63) is 34.1 Å². The third-order valence-corrected chi connectivity index (χ3v) is 4.04. The van der Waals surface area contributed by atoms with Crippen LogP contribution in [0.2, 0.25) is 0 Å². The van der Waals surface area contributed by atoms with Crippen molar-refractivity contribution in [1.29, 1.82) is 0 Å². The summed E-state index contributed by atoms with van der Waals surface area (Å²) in [5.74, 6) is -0.0771. The fourth-order valence-corrected chi connectivity index (χ4v) is 2.78. The van der Waals surface area contributed by atoms with Crippen molar-refractivity contribution in [1.82, 2.24) is 4.90 Å². The molecule has 1 atom stereocenters. The number of hydrogen-bond donors (Lipinski definition) is 0. The molecule has 1 saturated heterocycles. The minimum Gasteiger partial charge on any atom is -0.338 e. The maximum Gasteiger partial charge on any atom is 0.256 e. The molecule has 1 aromatic carbocycles. The van der Waals surface area contributed by atoms with Crippen LogP contribution in [0, 0.1) is 11.7 Å². The van der Waals surface area contributed by atoms with Crippen molar-refractivity contribution >= 4 is 21.8 Å². The second-order valence-corrected chi connectivity index (χ2v) is 5.71. The van der Waals surface area contributed by atoms with Crippen molar-refractivity contribution in [2.75, 3.05) is 13.1 Å². The molecule has 18 heavy (non-hydrogen) atoms. The first kappa shape index (κ1) is 13.5. The van der Waals surface area contributed by atoms with Crippen LogP contribution >= 0.6 is 15.9 Å². The zero-order valence-electron chi connectivity index (χ0n) is 10.5. The third kappa shape index (κ3) is 2.91. The van der Waals surface area contributed by atoms with Crippen LogP contribution in [0.25, 0.3) is 0 Å². The molecule has 98 valence electrons. The molecular weight excluding hydrogens is 297 g/mol. The van der Waals surface area contributed by atoms with Gasteiger partial charge in [0.1, 0.15) is 5.82 Å². The Morgan fingerprint density at radius 3 is 3.06 bits per heavy atom. The first-order valence-corrected chi connectivity index (χ1v) is 7.15. The van der Waals surface area contributed by atoms with Crippen LogP contribution < -0.4 is 0 Å². The predicted molar refractivity (Wildman–Crippen MR) is 73.0 cm³/mol. The van der Waals surface area contributed by atoms with E-state index in [1.54, 1.807) is 17.0 Å². The maximum atomic E-state index is 13.7. The minimum atomic E-state index is -0.443. The van der Waals surface area contributed by atoms with E-state index in [2.05, 4.69) is 22.9 Å². The highest BCUT2D eigenvalue weighted by molar-refractivity contribution is 9.10. The van der Waals surface area contributed by atoms with E-state index in [9.17, 15) is 9.18 Å². The molecule has 2 rings (SSSR count). The Morgan fingerprint density at radius 1 is 1.56 bits per heavy atom. The Balaban J connectivity index is 2.17. The molecule has 0 aliphatic carbocycles. The number of halogens is 2. The molecule has 1 amide bonds. The number of rotatable bonds is 2. The molecule has 1 aromatic rings. The minimum absolute atomic E-state index is 0.168. The van der Waals surface area contributed by atoms with Gasteiger partial charge in [-0.1, -0.05) is 29.3 Å². The van der Waals surface area contributed by atoms with Crippen molar-refractivity contribution in [2.45, 2.75) is 26.2 Å². The van der Waals surface area contributed by atoms with Gasteiger partial charge in [0.2, 0.25) is 0 Å². The van der Waals surface area contributed by atoms with E-state index in [0.29, 0.717) is 5.92 Å². The van der Waals surface area contributed by atoms with E-state index >= 15 is 0 Å². The number of amides is 1. The largest absolute Gasteiger partial charge is 0.338 e. The summed E-state index contributed by atoms with van der Waals surface area (Å²) in [7, 11) is 0. The summed E-state index contributed by atoms with van der Waals surface area (Å²) in [4.78, 5) is 14.1. The Bertz CT molecular complexity index is 449. The van der Waals surface area contributed by atoms with Crippen LogP contribution in [-0.4, -0.2) is 23.9 Å². The first-order valence-electron chi connectivity index (χ1n) is 6.36. The van der Waals surface area contributed by atoms with Crippen LogP contribution in [0.3, 0.4) is 0 Å². The summed E-state index contributed by atoms with van der Waals surface area (Å²) in [6.45, 7) is 3.63. The van der Waals surface area contributed by atoms with Crippen LogP contribution in [0.4, 0.5) is 4.39 Å². The lowest BCUT2D eigenvalue weighted by molar-refractivity contribution is 0.0666. The monoisotopic (exact) mass is 313 g/mol. The lowest BCUT2D eigenvalue weighted by Gasteiger charge is -2.32. The van der Waals surface area contributed by atoms with Gasteiger partial charge in [-0.3, -0.25) is 4.79 Å². The van der Waals surface area contributed by atoms with Gasteiger partial charge < -0.3 is 4.90 Å². The van der Waals surface area contributed by atoms with Crippen molar-refractivity contribution < 1.29 is 9.18 Å². The smallest absolute Gasteiger partial charge is 0.256 e. The van der Waals surface area contributed by atoms with Gasteiger partial charge in [-0.15, -0.1) is 0 Å². The average Bonchev–Trinajstić information content (AvgIpc) is 2.41. The summed E-state index contributed by atoms with van der Waals surface area (Å²) in [5, 5.41) is 0. The van der Waals surface area contributed by atoms with Gasteiger partial charge in [0.15, 0.2) is 0 Å². The van der Waals surface area contributed by atoms with E-state index in [1.165, 1.54) is 12.5 Å². The van der Waals surface area contributed by atoms with Gasteiger partial charge in [-0.25, -0.2) is 4.39 Å². The molecule has 0 saturated carbocycles. The lowest BCUT2D eigenvalue weighted by atomic mass is 9.95. The molecule has 0 radical (unpaired) electrons. The molecule has 4 heteroatoms. The Kier molecular flexibility index (Phi) is 4.38. The van der Waals surface area contributed by atoms with Crippen molar-refractivity contribution in [2.24, 2.45) is 5.92 Å². The molecule has 1 unspecified atom stereocenters. The summed E-state index contributed by atoms with van der Waals surface area (Å²) in [6, 6.07) is 4.50. The van der Waals surface area contributed by atoms with Crippen molar-refractivity contribution in [3.8, 4) is 0 Å². The van der Waals surface area contributed by atoms with Crippen molar-refractivity contribution in [3.63, 3.8) is 0 Å². The van der Waals surface area contributed by atoms with Gasteiger partial charge in [0.05, 0.1) is 5.56 Å². The quantitative estimate of drug-likeness (QED) is 0.812. The van der Waals surface area contributed by atoms with E-state index < -0.39 is 5.82 Å². The average molecular weight is 314 g/mol. The maximum absolute atomic E-state index is 13.7. The Labute approximate surface area is 115 Å². The molecule has 1 fully saturated rings. The molecule has 0 bridgehead atoms. The number of nitrogens with zero attached hydrogens (tertiary/aromatic N) is 1. The zero-order valence-corrected chi connectivity index (χ0v) is 12.0. The van der Waals surface area contributed by atoms with Gasteiger partial charge in [0, 0.05) is 17.6 Å². The highest BCUT2D eigenvalue weighted by Gasteiger charge is 2.25.